The zero-order chi connectivity index (χ0) is 14.7. The van der Waals surface area contributed by atoms with Crippen molar-refractivity contribution >= 4 is 0 Å². The molecule has 1 aromatic carbocycles. The molecule has 0 fully saturated rings. The van der Waals surface area contributed by atoms with Gasteiger partial charge in [0.2, 0.25) is 5.88 Å². The number of hydrogen-bond donors (Lipinski definition) is 1. The van der Waals surface area contributed by atoms with Gasteiger partial charge >= 0.3 is 6.61 Å². The first-order valence-electron chi connectivity index (χ1n) is 5.70. The Labute approximate surface area is 112 Å². The SMILES string of the molecule is Cc1cc(C(O)c2ccc(OC(F)F)nn2)ccc1F. The zero-order valence-corrected chi connectivity index (χ0v) is 10.4. The van der Waals surface area contributed by atoms with Crippen molar-refractivity contribution in [3.05, 3.63) is 53.0 Å². The van der Waals surface area contributed by atoms with Crippen molar-refractivity contribution in [2.45, 2.75) is 19.6 Å². The molecule has 4 nitrogen and oxygen atoms in total. The maximum Gasteiger partial charge on any atom is 0.388 e. The third-order valence-electron chi connectivity index (χ3n) is 2.65. The fourth-order valence-electron chi connectivity index (χ4n) is 1.64. The van der Waals surface area contributed by atoms with Crippen LogP contribution in [0.5, 0.6) is 5.88 Å². The van der Waals surface area contributed by atoms with Gasteiger partial charge in [0, 0.05) is 6.07 Å². The monoisotopic (exact) mass is 284 g/mol. The lowest BCUT2D eigenvalue weighted by atomic mass is 10.0. The van der Waals surface area contributed by atoms with Gasteiger partial charge in [-0.3, -0.25) is 0 Å². The Bertz CT molecular complexity index is 591. The predicted molar refractivity (Wildman–Crippen MR) is 63.9 cm³/mol. The molecule has 7 heteroatoms. The van der Waals surface area contributed by atoms with E-state index in [2.05, 4.69) is 14.9 Å². The van der Waals surface area contributed by atoms with Crippen molar-refractivity contribution < 1.29 is 23.0 Å². The Kier molecular flexibility index (Phi) is 4.19. The summed E-state index contributed by atoms with van der Waals surface area (Å²) in [4.78, 5) is 0. The second-order valence-corrected chi connectivity index (χ2v) is 4.09. The third-order valence-corrected chi connectivity index (χ3v) is 2.65. The fraction of sp³-hybridized carbons (Fsp3) is 0.231. The summed E-state index contributed by atoms with van der Waals surface area (Å²) in [5.41, 5.74) is 0.963. The molecular weight excluding hydrogens is 273 g/mol. The molecule has 0 aliphatic rings. The molecule has 0 amide bonds. The average molecular weight is 284 g/mol. The fourth-order valence-corrected chi connectivity index (χ4v) is 1.64. The molecule has 0 spiro atoms. The number of alkyl halides is 2. The van der Waals surface area contributed by atoms with Crippen LogP contribution in [0.25, 0.3) is 0 Å². The molecule has 106 valence electrons. The van der Waals surface area contributed by atoms with Crippen molar-refractivity contribution in [2.75, 3.05) is 0 Å². The van der Waals surface area contributed by atoms with Crippen molar-refractivity contribution in [1.82, 2.24) is 10.2 Å². The normalized spacial score (nSPS) is 12.5. The highest BCUT2D eigenvalue weighted by molar-refractivity contribution is 5.30. The minimum absolute atomic E-state index is 0.151. The molecule has 20 heavy (non-hydrogen) atoms. The molecule has 0 aliphatic heterocycles. The van der Waals surface area contributed by atoms with Gasteiger partial charge in [0.1, 0.15) is 11.9 Å². The maximum atomic E-state index is 13.1. The molecule has 2 aromatic rings. The van der Waals surface area contributed by atoms with Crippen LogP contribution < -0.4 is 4.74 Å². The first-order valence-corrected chi connectivity index (χ1v) is 5.70. The number of aromatic nitrogens is 2. The molecule has 1 aromatic heterocycles. The number of aliphatic hydroxyl groups excluding tert-OH is 1. The van der Waals surface area contributed by atoms with E-state index in [1.165, 1.54) is 30.3 Å². The van der Waals surface area contributed by atoms with Crippen LogP contribution in [0.15, 0.2) is 30.3 Å². The molecule has 0 radical (unpaired) electrons. The van der Waals surface area contributed by atoms with Gasteiger partial charge in [0.15, 0.2) is 0 Å². The molecule has 1 unspecified atom stereocenters. The van der Waals surface area contributed by atoms with E-state index in [1.807, 2.05) is 0 Å². The summed E-state index contributed by atoms with van der Waals surface area (Å²) in [6, 6.07) is 6.61. The highest BCUT2D eigenvalue weighted by Crippen LogP contribution is 2.22. The van der Waals surface area contributed by atoms with Gasteiger partial charge in [-0.2, -0.15) is 8.78 Å². The van der Waals surface area contributed by atoms with E-state index >= 15 is 0 Å². The highest BCUT2D eigenvalue weighted by atomic mass is 19.3. The topological polar surface area (TPSA) is 55.2 Å². The van der Waals surface area contributed by atoms with E-state index < -0.39 is 12.7 Å². The summed E-state index contributed by atoms with van der Waals surface area (Å²) in [5.74, 6) is -0.723. The molecule has 1 N–H and O–H groups in total. The number of rotatable bonds is 4. The van der Waals surface area contributed by atoms with Crippen LogP contribution in [0.2, 0.25) is 0 Å². The van der Waals surface area contributed by atoms with Gasteiger partial charge < -0.3 is 9.84 Å². The lowest BCUT2D eigenvalue weighted by molar-refractivity contribution is -0.0535. The van der Waals surface area contributed by atoms with Crippen LogP contribution in [0.3, 0.4) is 0 Å². The minimum Gasteiger partial charge on any atom is -0.415 e. The van der Waals surface area contributed by atoms with Crippen LogP contribution in [0, 0.1) is 12.7 Å². The van der Waals surface area contributed by atoms with Crippen LogP contribution in [-0.2, 0) is 0 Å². The summed E-state index contributed by atoms with van der Waals surface area (Å²) >= 11 is 0. The Hall–Kier alpha value is -2.15. The van der Waals surface area contributed by atoms with Crippen molar-refractivity contribution in [3.8, 4) is 5.88 Å². The van der Waals surface area contributed by atoms with Gasteiger partial charge in [-0.1, -0.05) is 12.1 Å². The Morgan fingerprint density at radius 2 is 1.90 bits per heavy atom. The largest absolute Gasteiger partial charge is 0.415 e. The summed E-state index contributed by atoms with van der Waals surface area (Å²) in [7, 11) is 0. The number of nitrogens with zero attached hydrogens (tertiary/aromatic N) is 2. The standard InChI is InChI=1S/C13H11F3N2O2/c1-7-6-8(2-3-9(7)14)12(19)10-4-5-11(18-17-10)20-13(15)16/h2-6,12-13,19H,1H3. The van der Waals surface area contributed by atoms with Gasteiger partial charge in [-0.25, -0.2) is 4.39 Å². The molecular formula is C13H11F3N2O2. The van der Waals surface area contributed by atoms with E-state index in [0.29, 0.717) is 11.1 Å². The van der Waals surface area contributed by atoms with Gasteiger partial charge in [0.05, 0.1) is 5.69 Å². The molecule has 0 saturated carbocycles. The third kappa shape index (κ3) is 3.24. The van der Waals surface area contributed by atoms with Crippen LogP contribution in [0.4, 0.5) is 13.2 Å². The first-order chi connectivity index (χ1) is 9.47. The van der Waals surface area contributed by atoms with Crippen LogP contribution in [0.1, 0.15) is 22.9 Å². The number of hydrogen-bond acceptors (Lipinski definition) is 4. The Balaban J connectivity index is 2.20. The summed E-state index contributed by atoms with van der Waals surface area (Å²) in [5, 5.41) is 17.1. The lowest BCUT2D eigenvalue weighted by Crippen LogP contribution is -2.08. The number of aliphatic hydroxyl groups is 1. The van der Waals surface area contributed by atoms with Gasteiger partial charge in [0.25, 0.3) is 0 Å². The van der Waals surface area contributed by atoms with Crippen molar-refractivity contribution in [3.63, 3.8) is 0 Å². The second-order valence-electron chi connectivity index (χ2n) is 4.09. The summed E-state index contributed by atoms with van der Waals surface area (Å²) in [6.07, 6.45) is -1.12. The highest BCUT2D eigenvalue weighted by Gasteiger charge is 2.15. The number of ether oxygens (including phenoxy) is 1. The van der Waals surface area contributed by atoms with Crippen molar-refractivity contribution in [1.29, 1.82) is 0 Å². The summed E-state index contributed by atoms with van der Waals surface area (Å²) in [6.45, 7) is -1.42. The molecule has 0 saturated heterocycles. The number of benzene rings is 1. The molecule has 0 aliphatic carbocycles. The molecule has 2 rings (SSSR count). The zero-order valence-electron chi connectivity index (χ0n) is 10.4. The molecule has 0 bridgehead atoms. The molecule has 1 atom stereocenters. The Morgan fingerprint density at radius 1 is 1.15 bits per heavy atom. The number of aryl methyl sites for hydroxylation is 1. The smallest absolute Gasteiger partial charge is 0.388 e. The molecule has 1 heterocycles. The first kappa shape index (κ1) is 14.3. The second kappa shape index (κ2) is 5.87. The average Bonchev–Trinajstić information content (AvgIpc) is 2.41. The van der Waals surface area contributed by atoms with Crippen LogP contribution >= 0.6 is 0 Å². The minimum atomic E-state index is -2.99. The Morgan fingerprint density at radius 3 is 2.45 bits per heavy atom. The maximum absolute atomic E-state index is 13.1. The van der Waals surface area contributed by atoms with E-state index in [4.69, 9.17) is 0 Å². The van der Waals surface area contributed by atoms with Crippen LogP contribution in [-0.4, -0.2) is 21.9 Å². The van der Waals surface area contributed by atoms with E-state index in [0.717, 1.165) is 0 Å². The van der Waals surface area contributed by atoms with E-state index in [1.54, 1.807) is 6.92 Å². The van der Waals surface area contributed by atoms with Gasteiger partial charge in [-0.15, -0.1) is 10.2 Å². The van der Waals surface area contributed by atoms with E-state index in [-0.39, 0.29) is 17.4 Å². The van der Waals surface area contributed by atoms with E-state index in [9.17, 15) is 18.3 Å². The number of halogens is 3. The quantitative estimate of drug-likeness (QED) is 0.937. The summed E-state index contributed by atoms with van der Waals surface area (Å²) < 4.78 is 41.1. The lowest BCUT2D eigenvalue weighted by Gasteiger charge is -2.11. The predicted octanol–water partition coefficient (Wildman–Crippen LogP) is 2.61. The van der Waals surface area contributed by atoms with Crippen molar-refractivity contribution in [2.24, 2.45) is 0 Å². The van der Waals surface area contributed by atoms with Gasteiger partial charge in [-0.05, 0) is 30.2 Å².